The van der Waals surface area contributed by atoms with Crippen molar-refractivity contribution in [2.45, 2.75) is 283 Å². The van der Waals surface area contributed by atoms with Gasteiger partial charge in [0.2, 0.25) is 0 Å². The number of hydrogen-bond donors (Lipinski definition) is 0. The van der Waals surface area contributed by atoms with Gasteiger partial charge in [0.1, 0.15) is 0 Å². The van der Waals surface area contributed by atoms with E-state index in [4.69, 9.17) is 0 Å². The summed E-state index contributed by atoms with van der Waals surface area (Å²) in [6.45, 7) is 2.31. The van der Waals surface area contributed by atoms with Gasteiger partial charge in [-0.3, -0.25) is 0 Å². The van der Waals surface area contributed by atoms with Crippen LogP contribution in [0.3, 0.4) is 0 Å². The Hall–Kier alpha value is 1.11. The maximum absolute atomic E-state index is 10.4. The average Bonchev–Trinajstić information content (AvgIpc) is 3.07. The number of rotatable bonds is 43. The van der Waals surface area contributed by atoms with Gasteiger partial charge in [0, 0.05) is 5.97 Å². The molecule has 0 amide bonds. The Bertz CT molecular complexity index is 565. The van der Waals surface area contributed by atoms with Crippen LogP contribution in [0.25, 0.3) is 0 Å². The van der Waals surface area contributed by atoms with Gasteiger partial charge in [-0.15, -0.1) is 0 Å². The van der Waals surface area contributed by atoms with Crippen molar-refractivity contribution in [1.82, 2.24) is 0 Å². The van der Waals surface area contributed by atoms with E-state index in [-0.39, 0.29) is 57.8 Å². The van der Waals surface area contributed by atoms with E-state index in [1.165, 1.54) is 257 Å². The van der Waals surface area contributed by atoms with Gasteiger partial charge in [0.25, 0.3) is 0 Å². The molecule has 0 aromatic carbocycles. The molecule has 3 heteroatoms. The summed E-state index contributed by atoms with van der Waals surface area (Å²) < 4.78 is 0. The first-order chi connectivity index (χ1) is 23.3. The Morgan fingerprint density at radius 3 is 0.521 bits per heavy atom. The van der Waals surface area contributed by atoms with Crippen molar-refractivity contribution in [3.63, 3.8) is 0 Å². The molecule has 282 valence electrons. The molecule has 0 N–H and O–H groups in total. The first kappa shape index (κ1) is 51.2. The largest absolute Gasteiger partial charge is 1.00 e. The van der Waals surface area contributed by atoms with Gasteiger partial charge in [-0.25, -0.2) is 0 Å². The Balaban J connectivity index is 0. The van der Waals surface area contributed by atoms with Crippen molar-refractivity contribution in [1.29, 1.82) is 0 Å². The summed E-state index contributed by atoms with van der Waals surface area (Å²) in [5.74, 6) is -0.896. The van der Waals surface area contributed by atoms with Crippen LogP contribution >= 0.6 is 0 Å². The van der Waals surface area contributed by atoms with E-state index in [0.29, 0.717) is 0 Å². The molecule has 0 spiro atoms. The van der Waals surface area contributed by atoms with Gasteiger partial charge in [-0.05, 0) is 12.8 Å². The number of carbonyl (C=O) groups excluding carboxylic acids is 1. The third kappa shape index (κ3) is 49.2. The Labute approximate surface area is 347 Å². The fourth-order valence-electron chi connectivity index (χ4n) is 7.41. The van der Waals surface area contributed by atoms with Crippen LogP contribution < -0.4 is 56.5 Å². The molecule has 0 aliphatic carbocycles. The minimum Gasteiger partial charge on any atom is -0.550 e. The van der Waals surface area contributed by atoms with E-state index in [2.05, 4.69) is 6.92 Å². The predicted octanol–water partition coefficient (Wildman–Crippen LogP) is 12.5. The molecule has 0 aliphatic rings. The van der Waals surface area contributed by atoms with E-state index in [9.17, 15) is 9.90 Å². The second kappa shape index (κ2) is 48.1. The van der Waals surface area contributed by atoms with Crippen molar-refractivity contribution in [3.8, 4) is 0 Å². The summed E-state index contributed by atoms with van der Waals surface area (Å²) in [4.78, 5) is 10.4. The summed E-state index contributed by atoms with van der Waals surface area (Å²) in [5, 5.41) is 10.4. The molecule has 0 atom stereocenters. The van der Waals surface area contributed by atoms with Crippen LogP contribution in [0.4, 0.5) is 0 Å². The summed E-state index contributed by atoms with van der Waals surface area (Å²) in [6, 6.07) is 0. The maximum atomic E-state index is 10.4. The van der Waals surface area contributed by atoms with E-state index in [1.807, 2.05) is 0 Å². The molecule has 0 heterocycles. The van der Waals surface area contributed by atoms with E-state index >= 15 is 0 Å². The van der Waals surface area contributed by atoms with Gasteiger partial charge in [0.15, 0.2) is 0 Å². The van der Waals surface area contributed by atoms with Crippen molar-refractivity contribution in [2.24, 2.45) is 0 Å². The zero-order chi connectivity index (χ0) is 34.0. The van der Waals surface area contributed by atoms with E-state index in [1.54, 1.807) is 0 Å². The molecule has 0 saturated heterocycles. The van der Waals surface area contributed by atoms with Crippen LogP contribution in [0.15, 0.2) is 0 Å². The molecule has 0 radical (unpaired) electrons. The second-order valence-corrected chi connectivity index (χ2v) is 15.6. The number of carboxylic acids is 1. The Morgan fingerprint density at radius 1 is 0.271 bits per heavy atom. The third-order valence-electron chi connectivity index (χ3n) is 10.7. The van der Waals surface area contributed by atoms with Crippen molar-refractivity contribution < 1.29 is 61.3 Å². The van der Waals surface area contributed by atoms with E-state index < -0.39 is 5.97 Å². The van der Waals surface area contributed by atoms with Crippen LogP contribution in [-0.4, -0.2) is 5.97 Å². The van der Waals surface area contributed by atoms with Crippen LogP contribution in [0.5, 0.6) is 0 Å². The second-order valence-electron chi connectivity index (χ2n) is 15.6. The van der Waals surface area contributed by atoms with Crippen molar-refractivity contribution in [3.05, 3.63) is 0 Å². The fraction of sp³-hybridized carbons (Fsp3) is 0.978. The molecule has 0 aromatic rings. The van der Waals surface area contributed by atoms with Crippen LogP contribution in [0.2, 0.25) is 0 Å². The molecule has 0 aromatic heterocycles. The molecule has 48 heavy (non-hydrogen) atoms. The van der Waals surface area contributed by atoms with Gasteiger partial charge in [0.05, 0.1) is 0 Å². The molecule has 0 fully saturated rings. The number of carboxylic acid groups (broad SMARTS) is 1. The topological polar surface area (TPSA) is 40.1 Å². The normalized spacial score (nSPS) is 11.3. The standard InChI is InChI=1S/C45H90O2.K/c1-2-3-4-5-6-7-8-9-10-11-12-13-14-15-16-17-18-19-20-21-22-23-24-25-26-27-28-29-30-31-32-33-34-35-36-37-38-39-40-41-42-43-44-45(46)47;/h2-44H2,1H3,(H,46,47);/q;+1/p-1. The monoisotopic (exact) mass is 701 g/mol. The average molecular weight is 701 g/mol. The van der Waals surface area contributed by atoms with Crippen LogP contribution in [0.1, 0.15) is 283 Å². The predicted molar refractivity (Wildman–Crippen MR) is 209 cm³/mol. The fourth-order valence-corrected chi connectivity index (χ4v) is 7.41. The molecule has 0 saturated carbocycles. The number of unbranched alkanes of at least 4 members (excludes halogenated alkanes) is 41. The number of hydrogen-bond acceptors (Lipinski definition) is 2. The summed E-state index contributed by atoms with van der Waals surface area (Å²) in [7, 11) is 0. The van der Waals surface area contributed by atoms with Crippen LogP contribution in [0, 0.1) is 0 Å². The minimum absolute atomic E-state index is 0. The Morgan fingerprint density at radius 2 is 0.396 bits per heavy atom. The molecule has 2 nitrogen and oxygen atoms in total. The summed E-state index contributed by atoms with van der Waals surface area (Å²) >= 11 is 0. The molecule has 0 rings (SSSR count). The zero-order valence-corrected chi connectivity index (χ0v) is 36.8. The molecule has 0 bridgehead atoms. The smallest absolute Gasteiger partial charge is 0.550 e. The molecular formula is C45H89KO2. The van der Waals surface area contributed by atoms with Gasteiger partial charge in [-0.1, -0.05) is 270 Å². The molecular weight excluding hydrogens is 612 g/mol. The quantitative estimate of drug-likeness (QED) is 0.0469. The van der Waals surface area contributed by atoms with Crippen molar-refractivity contribution in [2.75, 3.05) is 0 Å². The maximum Gasteiger partial charge on any atom is 1.00 e. The third-order valence-corrected chi connectivity index (χ3v) is 10.7. The van der Waals surface area contributed by atoms with Crippen LogP contribution in [-0.2, 0) is 4.79 Å². The summed E-state index contributed by atoms with van der Waals surface area (Å²) in [5.41, 5.74) is 0. The number of aliphatic carboxylic acids is 1. The zero-order valence-electron chi connectivity index (χ0n) is 33.7. The Kier molecular flexibility index (Phi) is 51.3. The molecule has 0 aliphatic heterocycles. The van der Waals surface area contributed by atoms with Crippen molar-refractivity contribution >= 4 is 5.97 Å². The minimum atomic E-state index is -0.896. The first-order valence-electron chi connectivity index (χ1n) is 22.5. The summed E-state index contributed by atoms with van der Waals surface area (Å²) in [6.07, 6.45) is 60.0. The SMILES string of the molecule is CCCCCCCCCCCCCCCCCCCCCCCCCCCCCCCCCCCCCCCCCCCCC(=O)[O-].[K+]. The van der Waals surface area contributed by atoms with Gasteiger partial charge >= 0.3 is 51.4 Å². The van der Waals surface area contributed by atoms with E-state index in [0.717, 1.165) is 12.8 Å². The molecule has 0 unspecified atom stereocenters. The number of carbonyl (C=O) groups is 1. The first-order valence-corrected chi connectivity index (χ1v) is 22.5. The van der Waals surface area contributed by atoms with Gasteiger partial charge in [-0.2, -0.15) is 0 Å². The van der Waals surface area contributed by atoms with Gasteiger partial charge < -0.3 is 9.90 Å².